The lowest BCUT2D eigenvalue weighted by molar-refractivity contribution is -0.157. The summed E-state index contributed by atoms with van der Waals surface area (Å²) in [6.45, 7) is 11.7. The van der Waals surface area contributed by atoms with Crippen molar-refractivity contribution in [2.75, 3.05) is 6.61 Å². The van der Waals surface area contributed by atoms with Crippen LogP contribution in [0.15, 0.2) is 25.3 Å². The van der Waals surface area contributed by atoms with Crippen LogP contribution in [-0.4, -0.2) is 36.7 Å². The Morgan fingerprint density at radius 1 is 0.909 bits per heavy atom. The van der Waals surface area contributed by atoms with Crippen LogP contribution in [0.2, 0.25) is 0 Å². The molecular formula is C16H24O6. The molecule has 0 aromatic carbocycles. The van der Waals surface area contributed by atoms with Crippen molar-refractivity contribution in [2.24, 2.45) is 5.92 Å². The van der Waals surface area contributed by atoms with Crippen molar-refractivity contribution >= 4 is 17.9 Å². The summed E-state index contributed by atoms with van der Waals surface area (Å²) >= 11 is 0. The van der Waals surface area contributed by atoms with E-state index in [1.54, 1.807) is 20.8 Å². The van der Waals surface area contributed by atoms with Gasteiger partial charge in [0.25, 0.3) is 0 Å². The zero-order valence-corrected chi connectivity index (χ0v) is 13.4. The molecule has 0 rings (SSSR count). The minimum Gasteiger partial charge on any atom is -0.462 e. The molecule has 0 saturated heterocycles. The molecule has 3 unspecified atom stereocenters. The first-order valence-corrected chi connectivity index (χ1v) is 7.12. The summed E-state index contributed by atoms with van der Waals surface area (Å²) in [6, 6.07) is 0. The molecule has 0 bridgehead atoms. The van der Waals surface area contributed by atoms with E-state index >= 15 is 0 Å². The van der Waals surface area contributed by atoms with Gasteiger partial charge in [-0.2, -0.15) is 0 Å². The van der Waals surface area contributed by atoms with Crippen molar-refractivity contribution in [2.45, 2.75) is 45.8 Å². The summed E-state index contributed by atoms with van der Waals surface area (Å²) in [4.78, 5) is 33.8. The van der Waals surface area contributed by atoms with Gasteiger partial charge in [-0.05, 0) is 26.7 Å². The normalized spacial score (nSPS) is 14.1. The largest absolute Gasteiger partial charge is 0.462 e. The van der Waals surface area contributed by atoms with E-state index in [2.05, 4.69) is 13.2 Å². The summed E-state index contributed by atoms with van der Waals surface area (Å²) in [5.41, 5.74) is 0. The molecule has 6 heteroatoms. The van der Waals surface area contributed by atoms with E-state index in [1.165, 1.54) is 0 Å². The third-order valence-electron chi connectivity index (χ3n) is 2.84. The second-order valence-electron chi connectivity index (χ2n) is 5.01. The van der Waals surface area contributed by atoms with Crippen LogP contribution in [0.1, 0.15) is 33.6 Å². The maximum Gasteiger partial charge on any atom is 0.330 e. The van der Waals surface area contributed by atoms with Gasteiger partial charge in [0.05, 0.1) is 12.0 Å². The van der Waals surface area contributed by atoms with Crippen LogP contribution in [-0.2, 0) is 28.6 Å². The van der Waals surface area contributed by atoms with Gasteiger partial charge in [0.15, 0.2) is 0 Å². The molecule has 0 fully saturated rings. The Balaban J connectivity index is 4.01. The molecule has 0 aromatic heterocycles. The average Bonchev–Trinajstić information content (AvgIpc) is 2.49. The fourth-order valence-electron chi connectivity index (χ4n) is 1.53. The standard InChI is InChI=1S/C16H24O6/c1-6-14(17)21-12(4)9-8-11(3)16(19)20-10-13(5)22-15(18)7-2/h6-7,11-13H,1-2,8-10H2,3-5H3. The van der Waals surface area contributed by atoms with Crippen LogP contribution >= 0.6 is 0 Å². The highest BCUT2D eigenvalue weighted by molar-refractivity contribution is 5.81. The number of carbonyl (C=O) groups excluding carboxylic acids is 3. The highest BCUT2D eigenvalue weighted by Crippen LogP contribution is 2.12. The topological polar surface area (TPSA) is 78.9 Å². The van der Waals surface area contributed by atoms with Crippen molar-refractivity contribution in [1.82, 2.24) is 0 Å². The highest BCUT2D eigenvalue weighted by Gasteiger charge is 2.18. The Kier molecular flexibility index (Phi) is 9.58. The average molecular weight is 312 g/mol. The lowest BCUT2D eigenvalue weighted by Crippen LogP contribution is -2.24. The second-order valence-corrected chi connectivity index (χ2v) is 5.01. The third kappa shape index (κ3) is 8.94. The van der Waals surface area contributed by atoms with Gasteiger partial charge < -0.3 is 14.2 Å². The van der Waals surface area contributed by atoms with Gasteiger partial charge in [-0.25, -0.2) is 9.59 Å². The number of ether oxygens (including phenoxy) is 3. The van der Waals surface area contributed by atoms with E-state index in [-0.39, 0.29) is 24.6 Å². The summed E-state index contributed by atoms with van der Waals surface area (Å²) in [5.74, 6) is -1.77. The number of hydrogen-bond donors (Lipinski definition) is 0. The molecule has 0 aliphatic carbocycles. The van der Waals surface area contributed by atoms with Crippen LogP contribution in [0.25, 0.3) is 0 Å². The minimum absolute atomic E-state index is 0.0102. The first-order valence-electron chi connectivity index (χ1n) is 7.12. The van der Waals surface area contributed by atoms with Crippen LogP contribution in [0, 0.1) is 5.92 Å². The number of rotatable bonds is 10. The van der Waals surface area contributed by atoms with Gasteiger partial charge >= 0.3 is 17.9 Å². The monoisotopic (exact) mass is 312 g/mol. The van der Waals surface area contributed by atoms with E-state index in [1.807, 2.05) is 0 Å². The number of esters is 3. The molecule has 3 atom stereocenters. The van der Waals surface area contributed by atoms with E-state index in [4.69, 9.17) is 14.2 Å². The molecule has 0 amide bonds. The van der Waals surface area contributed by atoms with Gasteiger partial charge in [0.1, 0.15) is 12.7 Å². The lowest BCUT2D eigenvalue weighted by Gasteiger charge is -2.17. The van der Waals surface area contributed by atoms with Gasteiger partial charge in [-0.1, -0.05) is 20.1 Å². The Bertz CT molecular complexity index is 415. The van der Waals surface area contributed by atoms with Crippen molar-refractivity contribution in [3.63, 3.8) is 0 Å². The second kappa shape index (κ2) is 10.6. The maximum atomic E-state index is 11.8. The molecule has 0 saturated carbocycles. The molecule has 0 aliphatic rings. The van der Waals surface area contributed by atoms with E-state index < -0.39 is 18.0 Å². The Morgan fingerprint density at radius 3 is 1.91 bits per heavy atom. The van der Waals surface area contributed by atoms with Gasteiger partial charge in [0.2, 0.25) is 0 Å². The fraction of sp³-hybridized carbons (Fsp3) is 0.562. The third-order valence-corrected chi connectivity index (χ3v) is 2.84. The smallest absolute Gasteiger partial charge is 0.330 e. The van der Waals surface area contributed by atoms with E-state index in [0.717, 1.165) is 12.2 Å². The minimum atomic E-state index is -0.561. The predicted molar refractivity (Wildman–Crippen MR) is 80.9 cm³/mol. The highest BCUT2D eigenvalue weighted by atomic mass is 16.6. The number of carbonyl (C=O) groups is 3. The number of hydrogen-bond acceptors (Lipinski definition) is 6. The summed E-state index contributed by atoms with van der Waals surface area (Å²) in [5, 5.41) is 0. The van der Waals surface area contributed by atoms with Crippen LogP contribution in [0.5, 0.6) is 0 Å². The van der Waals surface area contributed by atoms with Crippen molar-refractivity contribution in [3.05, 3.63) is 25.3 Å². The predicted octanol–water partition coefficient (Wildman–Crippen LogP) is 2.18. The first-order chi connectivity index (χ1) is 10.3. The summed E-state index contributed by atoms with van der Waals surface area (Å²) in [6.07, 6.45) is 2.37. The molecule has 6 nitrogen and oxygen atoms in total. The molecule has 0 N–H and O–H groups in total. The Labute approximate surface area is 131 Å². The van der Waals surface area contributed by atoms with Gasteiger partial charge in [-0.3, -0.25) is 4.79 Å². The fourth-order valence-corrected chi connectivity index (χ4v) is 1.53. The SMILES string of the molecule is C=CC(=O)OC(C)CCC(C)C(=O)OCC(C)OC(=O)C=C. The molecule has 22 heavy (non-hydrogen) atoms. The maximum absolute atomic E-state index is 11.8. The zero-order valence-electron chi connectivity index (χ0n) is 13.4. The Morgan fingerprint density at radius 2 is 1.41 bits per heavy atom. The van der Waals surface area contributed by atoms with Crippen LogP contribution in [0.3, 0.4) is 0 Å². The molecular weight excluding hydrogens is 288 g/mol. The van der Waals surface area contributed by atoms with Crippen molar-refractivity contribution < 1.29 is 28.6 Å². The van der Waals surface area contributed by atoms with Crippen molar-refractivity contribution in [3.8, 4) is 0 Å². The molecule has 0 aromatic rings. The first kappa shape index (κ1) is 19.9. The van der Waals surface area contributed by atoms with Gasteiger partial charge in [0, 0.05) is 12.2 Å². The molecule has 0 radical (unpaired) electrons. The lowest BCUT2D eigenvalue weighted by atomic mass is 10.0. The molecule has 0 heterocycles. The summed E-state index contributed by atoms with van der Waals surface area (Å²) in [7, 11) is 0. The molecule has 0 spiro atoms. The van der Waals surface area contributed by atoms with E-state index in [9.17, 15) is 14.4 Å². The zero-order chi connectivity index (χ0) is 17.1. The quantitative estimate of drug-likeness (QED) is 0.349. The van der Waals surface area contributed by atoms with Crippen molar-refractivity contribution in [1.29, 1.82) is 0 Å². The van der Waals surface area contributed by atoms with Crippen LogP contribution in [0.4, 0.5) is 0 Å². The van der Waals surface area contributed by atoms with Gasteiger partial charge in [-0.15, -0.1) is 0 Å². The van der Waals surface area contributed by atoms with E-state index in [0.29, 0.717) is 12.8 Å². The molecule has 0 aliphatic heterocycles. The summed E-state index contributed by atoms with van der Waals surface area (Å²) < 4.78 is 15.0. The Hall–Kier alpha value is -2.11. The van der Waals surface area contributed by atoms with Crippen LogP contribution < -0.4 is 0 Å². The molecule has 124 valence electrons.